The fourth-order valence-electron chi connectivity index (χ4n) is 2.93. The van der Waals surface area contributed by atoms with Gasteiger partial charge in [0.2, 0.25) is 11.8 Å². The molecule has 0 saturated carbocycles. The van der Waals surface area contributed by atoms with E-state index in [0.717, 1.165) is 37.2 Å². The maximum absolute atomic E-state index is 12.1. The van der Waals surface area contributed by atoms with Crippen LogP contribution in [-0.4, -0.2) is 42.3 Å². The van der Waals surface area contributed by atoms with Crippen molar-refractivity contribution < 1.29 is 13.9 Å². The van der Waals surface area contributed by atoms with Crippen LogP contribution in [0.3, 0.4) is 0 Å². The number of nitrogens with zero attached hydrogens (tertiary/aromatic N) is 3. The van der Waals surface area contributed by atoms with Gasteiger partial charge < -0.3 is 19.4 Å². The molecule has 1 aliphatic heterocycles. The van der Waals surface area contributed by atoms with Gasteiger partial charge in [-0.3, -0.25) is 4.79 Å². The van der Waals surface area contributed by atoms with Gasteiger partial charge in [0.15, 0.2) is 0 Å². The third-order valence-electron chi connectivity index (χ3n) is 4.32. The van der Waals surface area contributed by atoms with Gasteiger partial charge in [0.25, 0.3) is 0 Å². The van der Waals surface area contributed by atoms with E-state index in [4.69, 9.17) is 9.15 Å². The Hall–Kier alpha value is -2.57. The molecule has 134 valence electrons. The number of hydrogen-bond donors (Lipinski definition) is 1. The first-order valence-corrected chi connectivity index (χ1v) is 8.60. The van der Waals surface area contributed by atoms with Crippen molar-refractivity contribution in [2.45, 2.75) is 32.7 Å². The van der Waals surface area contributed by atoms with Crippen LogP contribution in [0.4, 0.5) is 6.01 Å². The summed E-state index contributed by atoms with van der Waals surface area (Å²) >= 11 is 0. The minimum atomic E-state index is 0.0580. The van der Waals surface area contributed by atoms with Gasteiger partial charge in [-0.15, -0.1) is 5.10 Å². The van der Waals surface area contributed by atoms with Crippen LogP contribution in [0, 0.1) is 5.92 Å². The van der Waals surface area contributed by atoms with E-state index in [-0.39, 0.29) is 17.9 Å². The van der Waals surface area contributed by atoms with Crippen LogP contribution in [0.15, 0.2) is 28.7 Å². The zero-order valence-corrected chi connectivity index (χ0v) is 14.9. The van der Waals surface area contributed by atoms with Crippen LogP contribution < -0.4 is 15.0 Å². The number of carbonyl (C=O) groups is 1. The van der Waals surface area contributed by atoms with Crippen LogP contribution in [0.1, 0.15) is 26.7 Å². The van der Waals surface area contributed by atoms with Crippen molar-refractivity contribution in [3.05, 3.63) is 24.3 Å². The summed E-state index contributed by atoms with van der Waals surface area (Å²) < 4.78 is 11.0. The Bertz CT molecular complexity index is 703. The Labute approximate surface area is 147 Å². The van der Waals surface area contributed by atoms with E-state index in [1.807, 2.05) is 43.0 Å². The Morgan fingerprint density at radius 3 is 2.52 bits per heavy atom. The number of methoxy groups -OCH3 is 1. The number of hydrogen-bond acceptors (Lipinski definition) is 6. The molecule has 1 saturated heterocycles. The molecule has 0 atom stereocenters. The zero-order valence-electron chi connectivity index (χ0n) is 14.9. The van der Waals surface area contributed by atoms with Gasteiger partial charge in [-0.1, -0.05) is 5.10 Å². The number of carbonyl (C=O) groups excluding carboxylic acids is 1. The second kappa shape index (κ2) is 7.55. The largest absolute Gasteiger partial charge is 0.497 e. The second-order valence-corrected chi connectivity index (χ2v) is 6.54. The molecule has 0 spiro atoms. The van der Waals surface area contributed by atoms with E-state index in [1.165, 1.54) is 0 Å². The molecule has 1 fully saturated rings. The van der Waals surface area contributed by atoms with E-state index in [9.17, 15) is 4.79 Å². The van der Waals surface area contributed by atoms with Crippen LogP contribution >= 0.6 is 0 Å². The Morgan fingerprint density at radius 2 is 1.92 bits per heavy atom. The van der Waals surface area contributed by atoms with Crippen molar-refractivity contribution in [3.8, 4) is 17.2 Å². The highest BCUT2D eigenvalue weighted by atomic mass is 16.5. The number of rotatable bonds is 5. The molecular formula is C18H24N4O3. The standard InChI is InChI=1S/C18H24N4O3/c1-12(2)19-16(23)13-8-10-22(11-9-13)18-21-20-17(25-18)14-4-6-15(24-3)7-5-14/h4-7,12-13H,8-11H2,1-3H3,(H,19,23). The summed E-state index contributed by atoms with van der Waals surface area (Å²) in [5.74, 6) is 1.46. The predicted molar refractivity (Wildman–Crippen MR) is 94.5 cm³/mol. The molecular weight excluding hydrogens is 320 g/mol. The Kier molecular flexibility index (Phi) is 5.21. The smallest absolute Gasteiger partial charge is 0.318 e. The minimum Gasteiger partial charge on any atom is -0.497 e. The molecule has 7 nitrogen and oxygen atoms in total. The fourth-order valence-corrected chi connectivity index (χ4v) is 2.93. The van der Waals surface area contributed by atoms with E-state index in [2.05, 4.69) is 15.5 Å². The lowest BCUT2D eigenvalue weighted by atomic mass is 9.96. The highest BCUT2D eigenvalue weighted by Gasteiger charge is 2.27. The summed E-state index contributed by atoms with van der Waals surface area (Å²) in [4.78, 5) is 14.1. The van der Waals surface area contributed by atoms with Crippen molar-refractivity contribution in [1.29, 1.82) is 0 Å². The molecule has 25 heavy (non-hydrogen) atoms. The summed E-state index contributed by atoms with van der Waals surface area (Å²) in [6, 6.07) is 8.18. The molecule has 3 rings (SSSR count). The first-order valence-electron chi connectivity index (χ1n) is 8.60. The number of nitrogens with one attached hydrogen (secondary N) is 1. The maximum Gasteiger partial charge on any atom is 0.318 e. The highest BCUT2D eigenvalue weighted by molar-refractivity contribution is 5.79. The zero-order chi connectivity index (χ0) is 17.8. The molecule has 0 radical (unpaired) electrons. The summed E-state index contributed by atoms with van der Waals surface area (Å²) in [5.41, 5.74) is 0.853. The van der Waals surface area contributed by atoms with E-state index in [0.29, 0.717) is 11.9 Å². The normalized spacial score (nSPS) is 15.4. The summed E-state index contributed by atoms with van der Waals surface area (Å²) in [6.45, 7) is 5.43. The summed E-state index contributed by atoms with van der Waals surface area (Å²) in [6.07, 6.45) is 1.58. The molecule has 1 aromatic carbocycles. The van der Waals surface area contributed by atoms with Gasteiger partial charge >= 0.3 is 6.01 Å². The third kappa shape index (κ3) is 4.10. The van der Waals surface area contributed by atoms with E-state index >= 15 is 0 Å². The van der Waals surface area contributed by atoms with Crippen LogP contribution in [0.25, 0.3) is 11.5 Å². The number of piperidine rings is 1. The summed E-state index contributed by atoms with van der Waals surface area (Å²) in [5, 5.41) is 11.3. The number of amides is 1. The number of ether oxygens (including phenoxy) is 1. The van der Waals surface area contributed by atoms with Crippen molar-refractivity contribution in [1.82, 2.24) is 15.5 Å². The quantitative estimate of drug-likeness (QED) is 0.897. The van der Waals surface area contributed by atoms with Gasteiger partial charge in [-0.2, -0.15) is 0 Å². The van der Waals surface area contributed by atoms with Gasteiger partial charge in [0.05, 0.1) is 7.11 Å². The molecule has 2 heterocycles. The van der Waals surface area contributed by atoms with Crippen molar-refractivity contribution in [3.63, 3.8) is 0 Å². The molecule has 1 aliphatic rings. The second-order valence-electron chi connectivity index (χ2n) is 6.54. The van der Waals surface area contributed by atoms with Gasteiger partial charge in [0, 0.05) is 30.6 Å². The van der Waals surface area contributed by atoms with E-state index in [1.54, 1.807) is 7.11 Å². The highest BCUT2D eigenvalue weighted by Crippen LogP contribution is 2.27. The molecule has 0 aliphatic carbocycles. The topological polar surface area (TPSA) is 80.5 Å². The van der Waals surface area contributed by atoms with E-state index < -0.39 is 0 Å². The molecule has 0 bridgehead atoms. The molecule has 7 heteroatoms. The molecule has 1 N–H and O–H groups in total. The lowest BCUT2D eigenvalue weighted by Gasteiger charge is -2.30. The third-order valence-corrected chi connectivity index (χ3v) is 4.32. The van der Waals surface area contributed by atoms with Crippen molar-refractivity contribution >= 4 is 11.9 Å². The fraction of sp³-hybridized carbons (Fsp3) is 0.500. The van der Waals surface area contributed by atoms with Crippen LogP contribution in [0.2, 0.25) is 0 Å². The number of aromatic nitrogens is 2. The average molecular weight is 344 g/mol. The molecule has 1 amide bonds. The molecule has 0 unspecified atom stereocenters. The first-order chi connectivity index (χ1) is 12.1. The first kappa shape index (κ1) is 17.3. The van der Waals surface area contributed by atoms with Gasteiger partial charge in [0.1, 0.15) is 5.75 Å². The Balaban J connectivity index is 1.61. The lowest BCUT2D eigenvalue weighted by Crippen LogP contribution is -2.42. The molecule has 2 aromatic rings. The predicted octanol–water partition coefficient (Wildman–Crippen LogP) is 2.49. The molecule has 1 aromatic heterocycles. The van der Waals surface area contributed by atoms with Crippen LogP contribution in [-0.2, 0) is 4.79 Å². The maximum atomic E-state index is 12.1. The number of benzene rings is 1. The Morgan fingerprint density at radius 1 is 1.24 bits per heavy atom. The van der Waals surface area contributed by atoms with Crippen molar-refractivity contribution in [2.75, 3.05) is 25.1 Å². The van der Waals surface area contributed by atoms with Crippen molar-refractivity contribution in [2.24, 2.45) is 5.92 Å². The average Bonchev–Trinajstić information content (AvgIpc) is 3.11. The summed E-state index contributed by atoms with van der Waals surface area (Å²) in [7, 11) is 1.63. The number of anilines is 1. The SMILES string of the molecule is COc1ccc(-c2nnc(N3CCC(C(=O)NC(C)C)CC3)o2)cc1. The lowest BCUT2D eigenvalue weighted by molar-refractivity contribution is -0.126. The van der Waals surface area contributed by atoms with Crippen LogP contribution in [0.5, 0.6) is 5.75 Å². The minimum absolute atomic E-state index is 0.0580. The van der Waals surface area contributed by atoms with Gasteiger partial charge in [-0.05, 0) is 51.0 Å². The van der Waals surface area contributed by atoms with Gasteiger partial charge in [-0.25, -0.2) is 0 Å². The monoisotopic (exact) mass is 344 g/mol.